The van der Waals surface area contributed by atoms with Crippen LogP contribution in [-0.4, -0.2) is 17.7 Å². The summed E-state index contributed by atoms with van der Waals surface area (Å²) < 4.78 is 0. The van der Waals surface area contributed by atoms with E-state index in [0.29, 0.717) is 11.3 Å². The minimum atomic E-state index is -0.137. The minimum absolute atomic E-state index is 0.137. The number of Topliss-reactive ketones (excluding diaryl/α,β-unsaturated/α-hetero) is 1. The molecule has 0 aliphatic carbocycles. The van der Waals surface area contributed by atoms with E-state index in [1.807, 2.05) is 66.9 Å². The first-order valence-corrected chi connectivity index (χ1v) is 8.44. The lowest BCUT2D eigenvalue weighted by molar-refractivity contribution is 0.106. The summed E-state index contributed by atoms with van der Waals surface area (Å²) in [6.07, 6.45) is 1.70. The molecule has 118 valence electrons. The van der Waals surface area contributed by atoms with Gasteiger partial charge in [0.2, 0.25) is 5.78 Å². The molecule has 4 heteroatoms. The lowest BCUT2D eigenvalue weighted by atomic mass is 10.0. The third-order valence-corrected chi connectivity index (χ3v) is 4.49. The monoisotopic (exact) mass is 332 g/mol. The van der Waals surface area contributed by atoms with Crippen molar-refractivity contribution in [1.82, 2.24) is 0 Å². The second-order valence-electron chi connectivity index (χ2n) is 5.22. The molecular weight excluding hydrogens is 316 g/mol. The van der Waals surface area contributed by atoms with Crippen LogP contribution in [0, 0.1) is 6.92 Å². The smallest absolute Gasteiger partial charge is 0.213 e. The van der Waals surface area contributed by atoms with Crippen LogP contribution in [0.5, 0.6) is 0 Å². The van der Waals surface area contributed by atoms with Crippen molar-refractivity contribution in [3.05, 3.63) is 93.7 Å². The lowest BCUT2D eigenvalue weighted by Gasteiger charge is -2.04. The first-order chi connectivity index (χ1) is 11.8. The Kier molecular flexibility index (Phi) is 5.08. The number of hydrogen-bond acceptors (Lipinski definition) is 4. The molecule has 0 bridgehead atoms. The molecule has 24 heavy (non-hydrogen) atoms. The van der Waals surface area contributed by atoms with Crippen LogP contribution in [0.25, 0.3) is 0 Å². The van der Waals surface area contributed by atoms with Crippen LogP contribution < -0.4 is 0 Å². The number of thiophene rings is 1. The molecular formula is C20H16N2OS. The Morgan fingerprint density at radius 2 is 1.54 bits per heavy atom. The average Bonchev–Trinajstić information content (AvgIpc) is 3.05. The first-order valence-electron chi connectivity index (χ1n) is 7.56. The van der Waals surface area contributed by atoms with Crippen molar-refractivity contribution in [1.29, 1.82) is 0 Å². The van der Waals surface area contributed by atoms with Gasteiger partial charge >= 0.3 is 0 Å². The van der Waals surface area contributed by atoms with Crippen LogP contribution in [0.4, 0.5) is 0 Å². The van der Waals surface area contributed by atoms with E-state index in [4.69, 9.17) is 0 Å². The zero-order valence-electron chi connectivity index (χ0n) is 13.2. The van der Waals surface area contributed by atoms with E-state index in [-0.39, 0.29) is 5.78 Å². The highest BCUT2D eigenvalue weighted by Crippen LogP contribution is 2.13. The summed E-state index contributed by atoms with van der Waals surface area (Å²) in [6.45, 7) is 2.02. The lowest BCUT2D eigenvalue weighted by Crippen LogP contribution is -2.15. The normalized spacial score (nSPS) is 11.8. The SMILES string of the molecule is Cc1ccsc1/C=N\N=C(\C(=O)c1ccccc1)c1ccccc1. The fourth-order valence-corrected chi connectivity index (χ4v) is 2.99. The third-order valence-electron chi connectivity index (χ3n) is 3.53. The maximum Gasteiger partial charge on any atom is 0.213 e. The molecule has 0 aliphatic rings. The number of ketones is 1. The summed E-state index contributed by atoms with van der Waals surface area (Å²) in [5.74, 6) is -0.137. The summed E-state index contributed by atoms with van der Waals surface area (Å²) >= 11 is 1.60. The quantitative estimate of drug-likeness (QED) is 0.377. The van der Waals surface area contributed by atoms with Crippen molar-refractivity contribution >= 4 is 29.0 Å². The molecule has 2 aromatic carbocycles. The van der Waals surface area contributed by atoms with E-state index in [1.54, 1.807) is 29.7 Å². The van der Waals surface area contributed by atoms with E-state index >= 15 is 0 Å². The van der Waals surface area contributed by atoms with Crippen LogP contribution in [0.1, 0.15) is 26.4 Å². The Balaban J connectivity index is 1.97. The number of nitrogens with zero attached hydrogens (tertiary/aromatic N) is 2. The second-order valence-corrected chi connectivity index (χ2v) is 6.17. The highest BCUT2D eigenvalue weighted by atomic mass is 32.1. The number of benzene rings is 2. The number of rotatable bonds is 5. The van der Waals surface area contributed by atoms with Crippen LogP contribution in [0.3, 0.4) is 0 Å². The van der Waals surface area contributed by atoms with Crippen LogP contribution in [0.2, 0.25) is 0 Å². The van der Waals surface area contributed by atoms with Gasteiger partial charge in [0.05, 0.1) is 11.1 Å². The van der Waals surface area contributed by atoms with Gasteiger partial charge in [-0.05, 0) is 23.9 Å². The molecule has 0 saturated heterocycles. The van der Waals surface area contributed by atoms with Crippen molar-refractivity contribution in [3.63, 3.8) is 0 Å². The predicted molar refractivity (Wildman–Crippen MR) is 100 cm³/mol. The molecule has 0 spiro atoms. The molecule has 0 atom stereocenters. The number of carbonyl (C=O) groups excluding carboxylic acids is 1. The third kappa shape index (κ3) is 3.73. The Morgan fingerprint density at radius 3 is 2.12 bits per heavy atom. The van der Waals surface area contributed by atoms with E-state index in [1.165, 1.54) is 0 Å². The minimum Gasteiger partial charge on any atom is -0.287 e. The predicted octanol–water partition coefficient (Wildman–Crippen LogP) is 4.76. The highest BCUT2D eigenvalue weighted by Gasteiger charge is 2.15. The topological polar surface area (TPSA) is 41.8 Å². The zero-order chi connectivity index (χ0) is 16.8. The Labute approximate surface area is 145 Å². The summed E-state index contributed by atoms with van der Waals surface area (Å²) in [6, 6.07) is 20.6. The Bertz CT molecular complexity index is 880. The van der Waals surface area contributed by atoms with Gasteiger partial charge in [-0.25, -0.2) is 0 Å². The molecule has 3 aromatic rings. The van der Waals surface area contributed by atoms with Gasteiger partial charge in [-0.2, -0.15) is 5.10 Å². The summed E-state index contributed by atoms with van der Waals surface area (Å²) in [4.78, 5) is 13.8. The summed E-state index contributed by atoms with van der Waals surface area (Å²) in [7, 11) is 0. The van der Waals surface area contributed by atoms with Gasteiger partial charge in [0.25, 0.3) is 0 Å². The molecule has 1 aromatic heterocycles. The van der Waals surface area contributed by atoms with Crippen molar-refractivity contribution in [2.45, 2.75) is 6.92 Å². The molecule has 0 fully saturated rings. The Morgan fingerprint density at radius 1 is 0.917 bits per heavy atom. The van der Waals surface area contributed by atoms with E-state index in [0.717, 1.165) is 16.0 Å². The second kappa shape index (κ2) is 7.62. The number of aryl methyl sites for hydroxylation is 1. The highest BCUT2D eigenvalue weighted by molar-refractivity contribution is 7.11. The van der Waals surface area contributed by atoms with Gasteiger partial charge in [-0.15, -0.1) is 16.4 Å². The molecule has 0 saturated carbocycles. The molecule has 0 unspecified atom stereocenters. The summed E-state index contributed by atoms with van der Waals surface area (Å²) in [5.41, 5.74) is 2.84. The summed E-state index contributed by atoms with van der Waals surface area (Å²) in [5, 5.41) is 10.4. The van der Waals surface area contributed by atoms with Crippen molar-refractivity contribution in [2.24, 2.45) is 10.2 Å². The molecule has 0 radical (unpaired) electrons. The Hall–Kier alpha value is -2.85. The fourth-order valence-electron chi connectivity index (χ4n) is 2.21. The van der Waals surface area contributed by atoms with Crippen molar-refractivity contribution < 1.29 is 4.79 Å². The van der Waals surface area contributed by atoms with Gasteiger partial charge < -0.3 is 0 Å². The van der Waals surface area contributed by atoms with Gasteiger partial charge in [0, 0.05) is 11.1 Å². The molecule has 0 amide bonds. The molecule has 0 N–H and O–H groups in total. The van der Waals surface area contributed by atoms with E-state index < -0.39 is 0 Å². The maximum atomic E-state index is 12.8. The largest absolute Gasteiger partial charge is 0.287 e. The fraction of sp³-hybridized carbons (Fsp3) is 0.0500. The van der Waals surface area contributed by atoms with Crippen molar-refractivity contribution in [3.8, 4) is 0 Å². The van der Waals surface area contributed by atoms with Crippen LogP contribution >= 0.6 is 11.3 Å². The van der Waals surface area contributed by atoms with Crippen molar-refractivity contribution in [2.75, 3.05) is 0 Å². The first kappa shape index (κ1) is 16.0. The number of carbonyl (C=O) groups is 1. The standard InChI is InChI=1S/C20H16N2OS/c1-15-12-13-24-18(15)14-21-22-19(16-8-4-2-5-9-16)20(23)17-10-6-3-7-11-17/h2-14H,1H3/b21-14-,22-19+. The molecule has 3 nitrogen and oxygen atoms in total. The van der Waals surface area contributed by atoms with Crippen LogP contribution in [-0.2, 0) is 0 Å². The molecule has 0 aliphatic heterocycles. The maximum absolute atomic E-state index is 12.8. The number of hydrogen-bond donors (Lipinski definition) is 0. The van der Waals surface area contributed by atoms with E-state index in [2.05, 4.69) is 10.2 Å². The van der Waals surface area contributed by atoms with Gasteiger partial charge in [0.1, 0.15) is 5.71 Å². The van der Waals surface area contributed by atoms with Gasteiger partial charge in [0.15, 0.2) is 0 Å². The van der Waals surface area contributed by atoms with Gasteiger partial charge in [-0.3, -0.25) is 4.79 Å². The molecule has 1 heterocycles. The zero-order valence-corrected chi connectivity index (χ0v) is 14.0. The molecule has 3 rings (SSSR count). The van der Waals surface area contributed by atoms with Gasteiger partial charge in [-0.1, -0.05) is 60.7 Å². The van der Waals surface area contributed by atoms with E-state index in [9.17, 15) is 4.79 Å². The average molecular weight is 332 g/mol. The van der Waals surface area contributed by atoms with Crippen LogP contribution in [0.15, 0.2) is 82.3 Å².